The first-order valence-electron chi connectivity index (χ1n) is 18.1. The van der Waals surface area contributed by atoms with Crippen LogP contribution in [0, 0.1) is 0 Å². The van der Waals surface area contributed by atoms with Crippen molar-refractivity contribution in [2.24, 2.45) is 0 Å². The quantitative estimate of drug-likeness (QED) is 0.186. The highest BCUT2D eigenvalue weighted by molar-refractivity contribution is 6.28. The molecule has 0 fully saturated rings. The molecule has 0 unspecified atom stereocenters. The molecule has 3 nitrogen and oxygen atoms in total. The second-order valence-electron chi connectivity index (χ2n) is 13.8. The average Bonchev–Trinajstić information content (AvgIpc) is 3.58. The van der Waals surface area contributed by atoms with Crippen LogP contribution < -0.4 is 0 Å². The maximum atomic E-state index is 5.30. The maximum absolute atomic E-state index is 5.30. The second-order valence-corrected chi connectivity index (χ2v) is 13.8. The fraction of sp³-hybridized carbons (Fsp3) is 0. The zero-order valence-electron chi connectivity index (χ0n) is 28.7. The highest BCUT2D eigenvalue weighted by Gasteiger charge is 2.20. The van der Waals surface area contributed by atoms with Crippen molar-refractivity contribution in [3.63, 3.8) is 0 Å². The number of rotatable bonds is 4. The Labute approximate surface area is 306 Å². The lowest BCUT2D eigenvalue weighted by Crippen LogP contribution is -1.99. The van der Waals surface area contributed by atoms with E-state index in [0.29, 0.717) is 5.82 Å². The maximum Gasteiger partial charge on any atom is 0.161 e. The Bertz CT molecular complexity index is 3140. The Hall–Kier alpha value is -7.10. The topological polar surface area (TPSA) is 30.7 Å². The number of fused-ring (bicyclic) bond motifs is 9. The number of nitrogens with zero attached hydrogens (tertiary/aromatic N) is 3. The molecule has 11 aromatic rings. The smallest absolute Gasteiger partial charge is 0.161 e. The molecule has 9 aromatic carbocycles. The van der Waals surface area contributed by atoms with Gasteiger partial charge in [-0.3, -0.25) is 0 Å². The van der Waals surface area contributed by atoms with Gasteiger partial charge < -0.3 is 4.57 Å². The van der Waals surface area contributed by atoms with Crippen molar-refractivity contribution < 1.29 is 0 Å². The summed E-state index contributed by atoms with van der Waals surface area (Å²) in [6.07, 6.45) is 0. The van der Waals surface area contributed by atoms with Crippen LogP contribution in [-0.2, 0) is 0 Å². The Morgan fingerprint density at radius 2 is 0.868 bits per heavy atom. The van der Waals surface area contributed by atoms with Gasteiger partial charge >= 0.3 is 0 Å². The first kappa shape index (κ1) is 29.6. The molecule has 2 aromatic heterocycles. The van der Waals surface area contributed by atoms with Crippen molar-refractivity contribution in [2.45, 2.75) is 0 Å². The van der Waals surface area contributed by atoms with E-state index < -0.39 is 0 Å². The molecule has 0 saturated carbocycles. The number of hydrogen-bond donors (Lipinski definition) is 0. The Morgan fingerprint density at radius 3 is 1.55 bits per heavy atom. The van der Waals surface area contributed by atoms with Crippen molar-refractivity contribution in [1.82, 2.24) is 14.5 Å². The minimum atomic E-state index is 0.705. The predicted octanol–water partition coefficient (Wildman–Crippen LogP) is 13.2. The van der Waals surface area contributed by atoms with E-state index in [2.05, 4.69) is 187 Å². The highest BCUT2D eigenvalue weighted by atomic mass is 15.0. The van der Waals surface area contributed by atoms with Gasteiger partial charge in [-0.2, -0.15) is 0 Å². The first-order chi connectivity index (χ1) is 26.3. The molecule has 0 radical (unpaired) electrons. The molecule has 0 amide bonds. The molecule has 0 saturated heterocycles. The lowest BCUT2D eigenvalue weighted by Gasteiger charge is -2.16. The standard InChI is InChI=1S/C50H31N3/c1-2-15-35(16-3-1)43-31-44(37-23-22-32-12-4-5-17-36(32)30-37)52-50(51-43)42-26-29-45(41-21-11-10-20-40(41)42)53-46-27-24-33-13-6-8-18-38(33)48(46)49-39-19-9-7-14-34(39)25-28-47(49)53/h1-31H. The number of benzene rings is 9. The van der Waals surface area contributed by atoms with Crippen LogP contribution in [0.3, 0.4) is 0 Å². The van der Waals surface area contributed by atoms with Gasteiger partial charge in [0.1, 0.15) is 0 Å². The minimum absolute atomic E-state index is 0.705. The van der Waals surface area contributed by atoms with E-state index in [0.717, 1.165) is 44.5 Å². The van der Waals surface area contributed by atoms with Gasteiger partial charge in [-0.15, -0.1) is 0 Å². The Morgan fingerprint density at radius 1 is 0.340 bits per heavy atom. The third-order valence-corrected chi connectivity index (χ3v) is 10.8. The summed E-state index contributed by atoms with van der Waals surface area (Å²) in [4.78, 5) is 10.6. The van der Waals surface area contributed by atoms with Crippen LogP contribution in [0.5, 0.6) is 0 Å². The molecule has 0 atom stereocenters. The fourth-order valence-corrected chi connectivity index (χ4v) is 8.30. The van der Waals surface area contributed by atoms with Crippen LogP contribution in [0.15, 0.2) is 188 Å². The molecule has 0 aliphatic carbocycles. The van der Waals surface area contributed by atoms with E-state index in [1.165, 1.54) is 54.1 Å². The van der Waals surface area contributed by atoms with Gasteiger partial charge in [0.15, 0.2) is 5.82 Å². The molecule has 0 aliphatic rings. The van der Waals surface area contributed by atoms with Gasteiger partial charge in [-0.25, -0.2) is 9.97 Å². The summed E-state index contributed by atoms with van der Waals surface area (Å²) in [5.41, 5.74) is 8.42. The van der Waals surface area contributed by atoms with Crippen LogP contribution in [0.1, 0.15) is 0 Å². The van der Waals surface area contributed by atoms with Crippen LogP contribution in [-0.4, -0.2) is 14.5 Å². The van der Waals surface area contributed by atoms with Crippen LogP contribution in [0.4, 0.5) is 0 Å². The number of aromatic nitrogens is 3. The van der Waals surface area contributed by atoms with Crippen molar-refractivity contribution in [3.05, 3.63) is 188 Å². The van der Waals surface area contributed by atoms with Crippen molar-refractivity contribution in [1.29, 1.82) is 0 Å². The van der Waals surface area contributed by atoms with Gasteiger partial charge in [-0.1, -0.05) is 152 Å². The zero-order valence-corrected chi connectivity index (χ0v) is 28.7. The summed E-state index contributed by atoms with van der Waals surface area (Å²) in [5, 5.41) is 12.2. The highest BCUT2D eigenvalue weighted by Crippen LogP contribution is 2.43. The molecule has 53 heavy (non-hydrogen) atoms. The normalized spacial score (nSPS) is 11.8. The summed E-state index contributed by atoms with van der Waals surface area (Å²) < 4.78 is 2.46. The average molecular weight is 674 g/mol. The molecular formula is C50H31N3. The minimum Gasteiger partial charge on any atom is -0.309 e. The summed E-state index contributed by atoms with van der Waals surface area (Å²) in [7, 11) is 0. The van der Waals surface area contributed by atoms with Crippen LogP contribution in [0.2, 0.25) is 0 Å². The van der Waals surface area contributed by atoms with E-state index in [1.807, 2.05) is 6.07 Å². The van der Waals surface area contributed by atoms with E-state index in [-0.39, 0.29) is 0 Å². The van der Waals surface area contributed by atoms with E-state index >= 15 is 0 Å². The first-order valence-corrected chi connectivity index (χ1v) is 18.1. The third-order valence-electron chi connectivity index (χ3n) is 10.8. The number of hydrogen-bond acceptors (Lipinski definition) is 2. The van der Waals surface area contributed by atoms with E-state index in [9.17, 15) is 0 Å². The zero-order chi connectivity index (χ0) is 34.9. The Balaban J connectivity index is 1.18. The third kappa shape index (κ3) is 4.68. The molecule has 0 bridgehead atoms. The van der Waals surface area contributed by atoms with Crippen LogP contribution >= 0.6 is 0 Å². The molecule has 11 rings (SSSR count). The molecule has 0 aliphatic heterocycles. The molecule has 0 spiro atoms. The van der Waals surface area contributed by atoms with Gasteiger partial charge in [0, 0.05) is 32.8 Å². The van der Waals surface area contributed by atoms with Crippen molar-refractivity contribution in [3.8, 4) is 39.6 Å². The van der Waals surface area contributed by atoms with Crippen LogP contribution in [0.25, 0.3) is 104 Å². The van der Waals surface area contributed by atoms with Gasteiger partial charge in [-0.05, 0) is 74.1 Å². The SMILES string of the molecule is c1ccc(-c2cc(-c3ccc4ccccc4c3)nc(-c3ccc(-n4c5ccc6ccccc6c5c5c6ccccc6ccc54)c4ccccc34)n2)cc1. The molecular weight excluding hydrogens is 643 g/mol. The lowest BCUT2D eigenvalue weighted by molar-refractivity contribution is 1.18. The lowest BCUT2D eigenvalue weighted by atomic mass is 10.00. The molecule has 3 heteroatoms. The summed E-state index contributed by atoms with van der Waals surface area (Å²) in [5.74, 6) is 0.705. The van der Waals surface area contributed by atoms with Gasteiger partial charge in [0.2, 0.25) is 0 Å². The molecule has 0 N–H and O–H groups in total. The largest absolute Gasteiger partial charge is 0.309 e. The van der Waals surface area contributed by atoms with E-state index in [1.54, 1.807) is 0 Å². The fourth-order valence-electron chi connectivity index (χ4n) is 8.30. The summed E-state index contributed by atoms with van der Waals surface area (Å²) in [6.45, 7) is 0. The Kier molecular flexibility index (Phi) is 6.55. The monoisotopic (exact) mass is 673 g/mol. The van der Waals surface area contributed by atoms with Gasteiger partial charge in [0.25, 0.3) is 0 Å². The van der Waals surface area contributed by atoms with Crippen molar-refractivity contribution >= 4 is 64.9 Å². The van der Waals surface area contributed by atoms with Crippen molar-refractivity contribution in [2.75, 3.05) is 0 Å². The summed E-state index contributed by atoms with van der Waals surface area (Å²) in [6, 6.07) is 67.3. The molecule has 2 heterocycles. The molecule has 246 valence electrons. The summed E-state index contributed by atoms with van der Waals surface area (Å²) >= 11 is 0. The second kappa shape index (κ2) is 11.7. The predicted molar refractivity (Wildman–Crippen MR) is 223 cm³/mol. The van der Waals surface area contributed by atoms with Gasteiger partial charge in [0.05, 0.1) is 28.1 Å². The van der Waals surface area contributed by atoms with E-state index in [4.69, 9.17) is 9.97 Å².